The highest BCUT2D eigenvalue weighted by Crippen LogP contribution is 2.21. The van der Waals surface area contributed by atoms with Gasteiger partial charge in [-0.3, -0.25) is 4.79 Å². The van der Waals surface area contributed by atoms with E-state index in [2.05, 4.69) is 10.6 Å². The van der Waals surface area contributed by atoms with Gasteiger partial charge in [-0.05, 0) is 38.6 Å². The molecule has 0 aromatic heterocycles. The van der Waals surface area contributed by atoms with E-state index in [0.717, 1.165) is 32.2 Å². The molecule has 0 aromatic rings. The number of hydrogen-bond donors (Lipinski definition) is 2. The van der Waals surface area contributed by atoms with Crippen molar-refractivity contribution in [1.82, 2.24) is 10.6 Å². The van der Waals surface area contributed by atoms with Gasteiger partial charge in [-0.25, -0.2) is 0 Å². The Labute approximate surface area is 97.1 Å². The molecule has 2 fully saturated rings. The van der Waals surface area contributed by atoms with Crippen LogP contribution in [0, 0.1) is 0 Å². The number of methoxy groups -OCH3 is 1. The summed E-state index contributed by atoms with van der Waals surface area (Å²) < 4.78 is 5.36. The number of carbonyl (C=O) groups is 1. The summed E-state index contributed by atoms with van der Waals surface area (Å²) in [5.41, 5.74) is 0. The third-order valence-corrected chi connectivity index (χ3v) is 3.70. The summed E-state index contributed by atoms with van der Waals surface area (Å²) in [5, 5.41) is 6.45. The Balaban J connectivity index is 1.73. The van der Waals surface area contributed by atoms with Gasteiger partial charge in [0.25, 0.3) is 0 Å². The van der Waals surface area contributed by atoms with Gasteiger partial charge in [-0.2, -0.15) is 0 Å². The smallest absolute Gasteiger partial charge is 0.221 e. The number of amides is 1. The molecule has 2 rings (SSSR count). The molecule has 1 heterocycles. The standard InChI is InChI=1S/C12H22N2O2/c1-16-11-6-2-5-10(11)14-12(15)8-9-4-3-7-13-9/h9-11,13H,2-8H2,1H3,(H,14,15). The Morgan fingerprint density at radius 3 is 2.94 bits per heavy atom. The van der Waals surface area contributed by atoms with Crippen LogP contribution in [0.4, 0.5) is 0 Å². The van der Waals surface area contributed by atoms with E-state index in [1.807, 2.05) is 0 Å². The molecule has 2 aliphatic rings. The number of nitrogens with one attached hydrogen (secondary N) is 2. The van der Waals surface area contributed by atoms with Gasteiger partial charge >= 0.3 is 0 Å². The third kappa shape index (κ3) is 2.95. The maximum Gasteiger partial charge on any atom is 0.221 e. The molecule has 3 atom stereocenters. The SMILES string of the molecule is COC1CCCC1NC(=O)CC1CCCN1. The van der Waals surface area contributed by atoms with E-state index < -0.39 is 0 Å². The van der Waals surface area contributed by atoms with Gasteiger partial charge in [0.15, 0.2) is 0 Å². The number of carbonyl (C=O) groups excluding carboxylic acids is 1. The Hall–Kier alpha value is -0.610. The fraction of sp³-hybridized carbons (Fsp3) is 0.917. The molecule has 1 amide bonds. The van der Waals surface area contributed by atoms with Gasteiger partial charge in [-0.1, -0.05) is 0 Å². The van der Waals surface area contributed by atoms with Crippen molar-refractivity contribution in [3.63, 3.8) is 0 Å². The average Bonchev–Trinajstić information content (AvgIpc) is 2.88. The molecule has 4 nitrogen and oxygen atoms in total. The molecule has 0 radical (unpaired) electrons. The predicted molar refractivity (Wildman–Crippen MR) is 62.2 cm³/mol. The summed E-state index contributed by atoms with van der Waals surface area (Å²) in [6.45, 7) is 1.06. The lowest BCUT2D eigenvalue weighted by molar-refractivity contribution is -0.123. The van der Waals surface area contributed by atoms with Crippen LogP contribution in [-0.2, 0) is 9.53 Å². The van der Waals surface area contributed by atoms with E-state index in [4.69, 9.17) is 4.74 Å². The summed E-state index contributed by atoms with van der Waals surface area (Å²) in [6, 6.07) is 0.626. The molecule has 0 bridgehead atoms. The zero-order chi connectivity index (χ0) is 11.4. The van der Waals surface area contributed by atoms with Crippen molar-refractivity contribution in [2.24, 2.45) is 0 Å². The lowest BCUT2D eigenvalue weighted by Gasteiger charge is -2.20. The highest BCUT2D eigenvalue weighted by atomic mass is 16.5. The van der Waals surface area contributed by atoms with Crippen molar-refractivity contribution in [3.8, 4) is 0 Å². The second kappa shape index (κ2) is 5.64. The molecule has 1 aliphatic carbocycles. The van der Waals surface area contributed by atoms with E-state index in [9.17, 15) is 4.79 Å². The summed E-state index contributed by atoms with van der Waals surface area (Å²) in [7, 11) is 1.73. The van der Waals surface area contributed by atoms with Crippen molar-refractivity contribution < 1.29 is 9.53 Å². The zero-order valence-corrected chi connectivity index (χ0v) is 10.00. The Bertz CT molecular complexity index is 239. The average molecular weight is 226 g/mol. The van der Waals surface area contributed by atoms with Crippen LogP contribution in [0.5, 0.6) is 0 Å². The van der Waals surface area contributed by atoms with Crippen LogP contribution in [0.3, 0.4) is 0 Å². The highest BCUT2D eigenvalue weighted by Gasteiger charge is 2.29. The van der Waals surface area contributed by atoms with Crippen LogP contribution in [0.2, 0.25) is 0 Å². The van der Waals surface area contributed by atoms with E-state index in [0.29, 0.717) is 12.5 Å². The van der Waals surface area contributed by atoms with Crippen molar-refractivity contribution in [1.29, 1.82) is 0 Å². The summed E-state index contributed by atoms with van der Waals surface area (Å²) in [6.07, 6.45) is 6.46. The second-order valence-corrected chi connectivity index (χ2v) is 4.88. The van der Waals surface area contributed by atoms with Gasteiger partial charge in [0.05, 0.1) is 12.1 Å². The van der Waals surface area contributed by atoms with Crippen LogP contribution in [-0.4, -0.2) is 37.7 Å². The van der Waals surface area contributed by atoms with Crippen LogP contribution in [0.15, 0.2) is 0 Å². The minimum absolute atomic E-state index is 0.174. The van der Waals surface area contributed by atoms with Crippen LogP contribution in [0.25, 0.3) is 0 Å². The molecule has 92 valence electrons. The zero-order valence-electron chi connectivity index (χ0n) is 10.00. The normalized spacial score (nSPS) is 34.2. The first-order valence-electron chi connectivity index (χ1n) is 6.35. The van der Waals surface area contributed by atoms with E-state index in [-0.39, 0.29) is 18.1 Å². The minimum Gasteiger partial charge on any atom is -0.379 e. The van der Waals surface area contributed by atoms with Crippen molar-refractivity contribution in [2.45, 2.75) is 56.7 Å². The quantitative estimate of drug-likeness (QED) is 0.746. The topological polar surface area (TPSA) is 50.4 Å². The van der Waals surface area contributed by atoms with Crippen molar-refractivity contribution in [3.05, 3.63) is 0 Å². The summed E-state index contributed by atoms with van der Waals surface area (Å²) in [5.74, 6) is 0.174. The molecular weight excluding hydrogens is 204 g/mol. The molecule has 1 saturated heterocycles. The van der Waals surface area contributed by atoms with Crippen molar-refractivity contribution >= 4 is 5.91 Å². The molecule has 3 unspecified atom stereocenters. The van der Waals surface area contributed by atoms with E-state index >= 15 is 0 Å². The van der Waals surface area contributed by atoms with Gasteiger partial charge in [0.2, 0.25) is 5.91 Å². The minimum atomic E-state index is 0.174. The first-order valence-corrected chi connectivity index (χ1v) is 6.35. The molecule has 0 aromatic carbocycles. The first kappa shape index (κ1) is 11.9. The number of ether oxygens (including phenoxy) is 1. The van der Waals surface area contributed by atoms with E-state index in [1.54, 1.807) is 7.11 Å². The Kier molecular flexibility index (Phi) is 4.18. The Morgan fingerprint density at radius 2 is 2.25 bits per heavy atom. The molecule has 0 spiro atoms. The van der Waals surface area contributed by atoms with Gasteiger partial charge < -0.3 is 15.4 Å². The number of hydrogen-bond acceptors (Lipinski definition) is 3. The summed E-state index contributed by atoms with van der Waals surface area (Å²) in [4.78, 5) is 11.8. The lowest BCUT2D eigenvalue weighted by Crippen LogP contribution is -2.42. The number of rotatable bonds is 4. The van der Waals surface area contributed by atoms with Crippen molar-refractivity contribution in [2.75, 3.05) is 13.7 Å². The maximum atomic E-state index is 11.8. The van der Waals surface area contributed by atoms with Crippen LogP contribution < -0.4 is 10.6 Å². The second-order valence-electron chi connectivity index (χ2n) is 4.88. The van der Waals surface area contributed by atoms with E-state index in [1.165, 1.54) is 6.42 Å². The van der Waals surface area contributed by atoms with Gasteiger partial charge in [0, 0.05) is 19.6 Å². The molecular formula is C12H22N2O2. The largest absolute Gasteiger partial charge is 0.379 e. The van der Waals surface area contributed by atoms with Crippen LogP contribution >= 0.6 is 0 Å². The summed E-state index contributed by atoms with van der Waals surface area (Å²) >= 11 is 0. The third-order valence-electron chi connectivity index (χ3n) is 3.70. The Morgan fingerprint density at radius 1 is 1.38 bits per heavy atom. The van der Waals surface area contributed by atoms with Crippen LogP contribution in [0.1, 0.15) is 38.5 Å². The fourth-order valence-electron chi connectivity index (χ4n) is 2.79. The lowest BCUT2D eigenvalue weighted by atomic mass is 10.1. The monoisotopic (exact) mass is 226 g/mol. The molecule has 4 heteroatoms. The predicted octanol–water partition coefficient (Wildman–Crippen LogP) is 0.812. The molecule has 2 N–H and O–H groups in total. The highest BCUT2D eigenvalue weighted by molar-refractivity contribution is 5.77. The molecule has 16 heavy (non-hydrogen) atoms. The van der Waals surface area contributed by atoms with Gasteiger partial charge in [-0.15, -0.1) is 0 Å². The molecule has 1 aliphatic heterocycles. The first-order chi connectivity index (χ1) is 7.79. The fourth-order valence-corrected chi connectivity index (χ4v) is 2.79. The van der Waals surface area contributed by atoms with Gasteiger partial charge in [0.1, 0.15) is 0 Å². The maximum absolute atomic E-state index is 11.8. The molecule has 1 saturated carbocycles.